The van der Waals surface area contributed by atoms with Crippen LogP contribution in [0.1, 0.15) is 33.6 Å². The molecule has 0 radical (unpaired) electrons. The molecule has 1 aromatic carbocycles. The maximum Gasteiger partial charge on any atom is 0.242 e. The average Bonchev–Trinajstić information content (AvgIpc) is 2.51. The van der Waals surface area contributed by atoms with Gasteiger partial charge in [0, 0.05) is 12.1 Å². The van der Waals surface area contributed by atoms with Crippen LogP contribution in [0.2, 0.25) is 0 Å². The number of carbonyl (C=O) groups is 1. The monoisotopic (exact) mass is 294 g/mol. The summed E-state index contributed by atoms with van der Waals surface area (Å²) >= 11 is 0. The highest BCUT2D eigenvalue weighted by molar-refractivity contribution is 5.85. The fourth-order valence-corrected chi connectivity index (χ4v) is 2.04. The van der Waals surface area contributed by atoms with Gasteiger partial charge in [-0.3, -0.25) is 4.79 Å². The van der Waals surface area contributed by atoms with E-state index < -0.39 is 0 Å². The van der Waals surface area contributed by atoms with Crippen LogP contribution in [0.25, 0.3) is 0 Å². The molecule has 1 unspecified atom stereocenters. The van der Waals surface area contributed by atoms with Gasteiger partial charge in [0.25, 0.3) is 0 Å². The SMILES string of the molecule is CCC(CC)NC(=O)C(C)Nc1cc(OC)ccc1OC. The zero-order valence-electron chi connectivity index (χ0n) is 13.5. The zero-order chi connectivity index (χ0) is 15.8. The molecule has 0 saturated heterocycles. The van der Waals surface area contributed by atoms with Crippen molar-refractivity contribution in [2.24, 2.45) is 0 Å². The predicted octanol–water partition coefficient (Wildman–Crippen LogP) is 2.81. The first kappa shape index (κ1) is 17.1. The lowest BCUT2D eigenvalue weighted by molar-refractivity contribution is -0.122. The van der Waals surface area contributed by atoms with Crippen molar-refractivity contribution in [3.05, 3.63) is 18.2 Å². The van der Waals surface area contributed by atoms with Crippen molar-refractivity contribution in [2.75, 3.05) is 19.5 Å². The molecule has 2 N–H and O–H groups in total. The van der Waals surface area contributed by atoms with Crippen LogP contribution in [0.5, 0.6) is 11.5 Å². The van der Waals surface area contributed by atoms with Crippen LogP contribution in [-0.4, -0.2) is 32.2 Å². The zero-order valence-corrected chi connectivity index (χ0v) is 13.5. The number of carbonyl (C=O) groups excluding carboxylic acids is 1. The van der Waals surface area contributed by atoms with Crippen molar-refractivity contribution >= 4 is 11.6 Å². The molecule has 0 aliphatic rings. The van der Waals surface area contributed by atoms with E-state index in [2.05, 4.69) is 24.5 Å². The number of rotatable bonds is 8. The van der Waals surface area contributed by atoms with Crippen LogP contribution in [0.15, 0.2) is 18.2 Å². The van der Waals surface area contributed by atoms with Crippen molar-refractivity contribution in [1.29, 1.82) is 0 Å². The smallest absolute Gasteiger partial charge is 0.242 e. The highest BCUT2D eigenvalue weighted by Gasteiger charge is 2.17. The van der Waals surface area contributed by atoms with E-state index in [1.807, 2.05) is 25.1 Å². The molecule has 0 spiro atoms. The maximum absolute atomic E-state index is 12.2. The lowest BCUT2D eigenvalue weighted by Gasteiger charge is -2.21. The molecule has 1 aromatic rings. The van der Waals surface area contributed by atoms with E-state index in [9.17, 15) is 4.79 Å². The fourth-order valence-electron chi connectivity index (χ4n) is 2.04. The maximum atomic E-state index is 12.2. The van der Waals surface area contributed by atoms with Gasteiger partial charge in [-0.1, -0.05) is 13.8 Å². The van der Waals surface area contributed by atoms with Crippen molar-refractivity contribution in [1.82, 2.24) is 5.32 Å². The summed E-state index contributed by atoms with van der Waals surface area (Å²) < 4.78 is 10.5. The molecule has 0 heterocycles. The molecule has 21 heavy (non-hydrogen) atoms. The minimum Gasteiger partial charge on any atom is -0.497 e. The van der Waals surface area contributed by atoms with E-state index in [0.717, 1.165) is 18.5 Å². The molecule has 118 valence electrons. The number of benzene rings is 1. The van der Waals surface area contributed by atoms with Crippen LogP contribution >= 0.6 is 0 Å². The number of methoxy groups -OCH3 is 2. The first-order valence-electron chi connectivity index (χ1n) is 7.34. The Bertz CT molecular complexity index is 459. The van der Waals surface area contributed by atoms with E-state index >= 15 is 0 Å². The van der Waals surface area contributed by atoms with Crippen molar-refractivity contribution in [3.63, 3.8) is 0 Å². The van der Waals surface area contributed by atoms with Crippen molar-refractivity contribution < 1.29 is 14.3 Å². The second-order valence-electron chi connectivity index (χ2n) is 4.95. The molecule has 0 aromatic heterocycles. The van der Waals surface area contributed by atoms with Gasteiger partial charge in [0.1, 0.15) is 17.5 Å². The first-order valence-corrected chi connectivity index (χ1v) is 7.34. The number of amides is 1. The molecular formula is C16H26N2O3. The first-order chi connectivity index (χ1) is 10.0. The quantitative estimate of drug-likeness (QED) is 0.774. The average molecular weight is 294 g/mol. The number of anilines is 1. The Labute approximate surface area is 127 Å². The number of ether oxygens (including phenoxy) is 2. The fraction of sp³-hybridized carbons (Fsp3) is 0.562. The van der Waals surface area contributed by atoms with Gasteiger partial charge in [0.05, 0.1) is 19.9 Å². The molecular weight excluding hydrogens is 268 g/mol. The van der Waals surface area contributed by atoms with Crippen molar-refractivity contribution in [3.8, 4) is 11.5 Å². The molecule has 5 nitrogen and oxygen atoms in total. The van der Waals surface area contributed by atoms with E-state index in [4.69, 9.17) is 9.47 Å². The third-order valence-corrected chi connectivity index (χ3v) is 3.50. The van der Waals surface area contributed by atoms with Gasteiger partial charge in [0.2, 0.25) is 5.91 Å². The number of hydrogen-bond acceptors (Lipinski definition) is 4. The van der Waals surface area contributed by atoms with Gasteiger partial charge >= 0.3 is 0 Å². The second kappa shape index (κ2) is 8.39. The van der Waals surface area contributed by atoms with Gasteiger partial charge < -0.3 is 20.1 Å². The summed E-state index contributed by atoms with van der Waals surface area (Å²) in [5, 5.41) is 6.20. The molecule has 0 aliphatic carbocycles. The van der Waals surface area contributed by atoms with Crippen LogP contribution in [-0.2, 0) is 4.79 Å². The molecule has 0 bridgehead atoms. The lowest BCUT2D eigenvalue weighted by Crippen LogP contribution is -2.42. The topological polar surface area (TPSA) is 59.6 Å². The number of nitrogens with one attached hydrogen (secondary N) is 2. The molecule has 0 saturated carbocycles. The minimum atomic E-state index is -0.355. The summed E-state index contributed by atoms with van der Waals surface area (Å²) in [7, 11) is 3.21. The molecule has 1 atom stereocenters. The molecule has 0 fully saturated rings. The Morgan fingerprint density at radius 2 is 1.86 bits per heavy atom. The summed E-state index contributed by atoms with van der Waals surface area (Å²) in [6.07, 6.45) is 1.86. The Hall–Kier alpha value is -1.91. The molecule has 5 heteroatoms. The molecule has 0 aliphatic heterocycles. The Morgan fingerprint density at radius 1 is 1.19 bits per heavy atom. The van der Waals surface area contributed by atoms with Gasteiger partial charge in [0.15, 0.2) is 0 Å². The highest BCUT2D eigenvalue weighted by atomic mass is 16.5. The van der Waals surface area contributed by atoms with E-state index in [1.54, 1.807) is 14.2 Å². The summed E-state index contributed by atoms with van der Waals surface area (Å²) in [6.45, 7) is 5.96. The van der Waals surface area contributed by atoms with Crippen LogP contribution in [0.4, 0.5) is 5.69 Å². The lowest BCUT2D eigenvalue weighted by atomic mass is 10.1. The highest BCUT2D eigenvalue weighted by Crippen LogP contribution is 2.29. The Morgan fingerprint density at radius 3 is 2.38 bits per heavy atom. The molecule has 1 rings (SSSR count). The Balaban J connectivity index is 2.77. The summed E-state index contributed by atoms with van der Waals surface area (Å²) in [5.74, 6) is 1.37. The van der Waals surface area contributed by atoms with Crippen molar-refractivity contribution in [2.45, 2.75) is 45.7 Å². The standard InChI is InChI=1S/C16H26N2O3/c1-6-12(7-2)18-16(19)11(3)17-14-10-13(20-4)8-9-15(14)21-5/h8-12,17H,6-7H2,1-5H3,(H,18,19). The van der Waals surface area contributed by atoms with Crippen LogP contribution in [0, 0.1) is 0 Å². The van der Waals surface area contributed by atoms with E-state index in [1.165, 1.54) is 0 Å². The number of hydrogen-bond donors (Lipinski definition) is 2. The predicted molar refractivity (Wildman–Crippen MR) is 85.1 cm³/mol. The summed E-state index contributed by atoms with van der Waals surface area (Å²) in [6, 6.07) is 5.31. The van der Waals surface area contributed by atoms with Gasteiger partial charge in [-0.2, -0.15) is 0 Å². The third-order valence-electron chi connectivity index (χ3n) is 3.50. The summed E-state index contributed by atoms with van der Waals surface area (Å²) in [4.78, 5) is 12.2. The van der Waals surface area contributed by atoms with E-state index in [0.29, 0.717) is 11.5 Å². The van der Waals surface area contributed by atoms with Gasteiger partial charge in [-0.25, -0.2) is 0 Å². The Kier molecular flexibility index (Phi) is 6.85. The van der Waals surface area contributed by atoms with Gasteiger partial charge in [-0.05, 0) is 31.9 Å². The summed E-state index contributed by atoms with van der Waals surface area (Å²) in [5.41, 5.74) is 0.740. The largest absolute Gasteiger partial charge is 0.497 e. The van der Waals surface area contributed by atoms with Crippen LogP contribution < -0.4 is 20.1 Å². The minimum absolute atomic E-state index is 0.0198. The third kappa shape index (κ3) is 4.85. The normalized spacial score (nSPS) is 11.9. The second-order valence-corrected chi connectivity index (χ2v) is 4.95. The van der Waals surface area contributed by atoms with Crippen LogP contribution in [0.3, 0.4) is 0 Å². The molecule has 1 amide bonds. The van der Waals surface area contributed by atoms with Gasteiger partial charge in [-0.15, -0.1) is 0 Å². The van der Waals surface area contributed by atoms with E-state index in [-0.39, 0.29) is 18.0 Å².